The Kier molecular flexibility index (Phi) is 5.41. The van der Waals surface area contributed by atoms with Gasteiger partial charge in [0.1, 0.15) is 5.78 Å². The highest BCUT2D eigenvalue weighted by Crippen LogP contribution is 2.22. The number of likely N-dealkylation sites (tertiary alicyclic amines) is 1. The van der Waals surface area contributed by atoms with Crippen LogP contribution in [0.15, 0.2) is 24.3 Å². The summed E-state index contributed by atoms with van der Waals surface area (Å²) >= 11 is 0. The summed E-state index contributed by atoms with van der Waals surface area (Å²) in [6.07, 6.45) is 5.45. The number of ketones is 1. The third-order valence-electron chi connectivity index (χ3n) is 4.90. The molecule has 2 amide bonds. The molecule has 24 heavy (non-hydrogen) atoms. The molecule has 2 aliphatic rings. The molecule has 5 heteroatoms. The van der Waals surface area contributed by atoms with Crippen LogP contribution in [0.25, 0.3) is 0 Å². The van der Waals surface area contributed by atoms with E-state index in [9.17, 15) is 14.4 Å². The number of rotatable bonds is 7. The molecule has 2 heterocycles. The zero-order chi connectivity index (χ0) is 16.9. The third-order valence-corrected chi connectivity index (χ3v) is 4.90. The van der Waals surface area contributed by atoms with Crippen molar-refractivity contribution in [2.45, 2.75) is 38.5 Å². The number of carbonyl (C=O) groups excluding carboxylic acids is 3. The van der Waals surface area contributed by atoms with Crippen LogP contribution in [-0.4, -0.2) is 53.6 Å². The highest BCUT2D eigenvalue weighted by Gasteiger charge is 2.34. The lowest BCUT2D eigenvalue weighted by atomic mass is 10.1. The smallest absolute Gasteiger partial charge is 0.261 e. The fraction of sp³-hybridized carbons (Fsp3) is 0.526. The van der Waals surface area contributed by atoms with Crippen LogP contribution in [0.4, 0.5) is 0 Å². The van der Waals surface area contributed by atoms with E-state index in [4.69, 9.17) is 0 Å². The molecule has 1 aromatic rings. The Bertz CT molecular complexity index is 596. The van der Waals surface area contributed by atoms with Crippen molar-refractivity contribution < 1.29 is 14.4 Å². The molecule has 3 rings (SSSR count). The van der Waals surface area contributed by atoms with Gasteiger partial charge in [0.25, 0.3) is 11.8 Å². The Hall–Kier alpha value is -2.01. The summed E-state index contributed by atoms with van der Waals surface area (Å²) in [4.78, 5) is 39.4. The molecule has 0 atom stereocenters. The topological polar surface area (TPSA) is 57.7 Å². The number of amides is 2. The van der Waals surface area contributed by atoms with Gasteiger partial charge in [-0.15, -0.1) is 0 Å². The minimum atomic E-state index is -0.159. The van der Waals surface area contributed by atoms with Gasteiger partial charge in [0.05, 0.1) is 11.1 Å². The van der Waals surface area contributed by atoms with E-state index in [0.29, 0.717) is 36.3 Å². The number of fused-ring (bicyclic) bond motifs is 1. The minimum Gasteiger partial charge on any atom is -0.302 e. The average molecular weight is 328 g/mol. The van der Waals surface area contributed by atoms with Crippen molar-refractivity contribution in [2.75, 3.05) is 26.2 Å². The zero-order valence-electron chi connectivity index (χ0n) is 14.0. The van der Waals surface area contributed by atoms with Gasteiger partial charge < -0.3 is 4.90 Å². The number of piperidine rings is 1. The van der Waals surface area contributed by atoms with Gasteiger partial charge in [0.2, 0.25) is 0 Å². The summed E-state index contributed by atoms with van der Waals surface area (Å²) in [6.45, 7) is 3.34. The van der Waals surface area contributed by atoms with E-state index in [2.05, 4.69) is 4.90 Å². The van der Waals surface area contributed by atoms with E-state index < -0.39 is 0 Å². The Morgan fingerprint density at radius 2 is 1.29 bits per heavy atom. The molecule has 0 radical (unpaired) electrons. The van der Waals surface area contributed by atoms with E-state index in [1.807, 2.05) is 0 Å². The molecule has 0 aromatic heterocycles. The maximum absolute atomic E-state index is 12.2. The van der Waals surface area contributed by atoms with Crippen molar-refractivity contribution >= 4 is 17.6 Å². The summed E-state index contributed by atoms with van der Waals surface area (Å²) in [6, 6.07) is 7.03. The SMILES string of the molecule is O=C1CCN(CCCCCCN2C(=O)c3ccccc3C2=O)CC1. The number of hydrogen-bond acceptors (Lipinski definition) is 4. The van der Waals surface area contributed by atoms with Gasteiger partial charge in [-0.05, 0) is 31.5 Å². The highest BCUT2D eigenvalue weighted by molar-refractivity contribution is 6.21. The molecule has 0 aliphatic carbocycles. The summed E-state index contributed by atoms with van der Waals surface area (Å²) in [5.41, 5.74) is 1.06. The van der Waals surface area contributed by atoms with Gasteiger partial charge in [0, 0.05) is 32.5 Å². The first-order valence-electron chi connectivity index (χ1n) is 8.86. The number of carbonyl (C=O) groups is 3. The Morgan fingerprint density at radius 1 is 0.750 bits per heavy atom. The Labute approximate surface area is 142 Å². The Morgan fingerprint density at radius 3 is 1.88 bits per heavy atom. The van der Waals surface area contributed by atoms with E-state index in [0.717, 1.165) is 45.3 Å². The lowest BCUT2D eigenvalue weighted by molar-refractivity contribution is -0.121. The lowest BCUT2D eigenvalue weighted by Gasteiger charge is -2.25. The predicted molar refractivity (Wildman–Crippen MR) is 91.0 cm³/mol. The second kappa shape index (κ2) is 7.71. The molecule has 0 spiro atoms. The molecule has 0 saturated carbocycles. The van der Waals surface area contributed by atoms with Crippen LogP contribution in [0, 0.1) is 0 Å². The zero-order valence-corrected chi connectivity index (χ0v) is 14.0. The number of hydrogen-bond donors (Lipinski definition) is 0. The number of imide groups is 1. The van der Waals surface area contributed by atoms with Gasteiger partial charge in [-0.2, -0.15) is 0 Å². The summed E-state index contributed by atoms with van der Waals surface area (Å²) in [5.74, 6) is 0.0642. The second-order valence-electron chi connectivity index (χ2n) is 6.60. The van der Waals surface area contributed by atoms with E-state index in [1.54, 1.807) is 24.3 Å². The monoisotopic (exact) mass is 328 g/mol. The number of unbranched alkanes of at least 4 members (excludes halogenated alkanes) is 3. The van der Waals surface area contributed by atoms with Crippen LogP contribution in [0.1, 0.15) is 59.2 Å². The molecule has 0 N–H and O–H groups in total. The lowest BCUT2D eigenvalue weighted by Crippen LogP contribution is -2.34. The van der Waals surface area contributed by atoms with Gasteiger partial charge >= 0.3 is 0 Å². The van der Waals surface area contributed by atoms with Gasteiger partial charge in [-0.25, -0.2) is 0 Å². The normalized spacial score (nSPS) is 18.3. The first-order valence-corrected chi connectivity index (χ1v) is 8.86. The predicted octanol–water partition coefficient (Wildman–Crippen LogP) is 2.51. The van der Waals surface area contributed by atoms with E-state index >= 15 is 0 Å². The molecule has 1 aromatic carbocycles. The van der Waals surface area contributed by atoms with Crippen LogP contribution < -0.4 is 0 Å². The molecule has 5 nitrogen and oxygen atoms in total. The maximum atomic E-state index is 12.2. The van der Waals surface area contributed by atoms with Crippen LogP contribution in [0.2, 0.25) is 0 Å². The maximum Gasteiger partial charge on any atom is 0.261 e. The fourth-order valence-electron chi connectivity index (χ4n) is 3.43. The van der Waals surface area contributed by atoms with E-state index in [-0.39, 0.29) is 11.8 Å². The number of benzene rings is 1. The van der Waals surface area contributed by atoms with Crippen molar-refractivity contribution in [3.05, 3.63) is 35.4 Å². The van der Waals surface area contributed by atoms with Crippen LogP contribution in [0.5, 0.6) is 0 Å². The first-order chi connectivity index (χ1) is 11.7. The molecule has 0 unspecified atom stereocenters. The van der Waals surface area contributed by atoms with Crippen molar-refractivity contribution in [3.63, 3.8) is 0 Å². The fourth-order valence-corrected chi connectivity index (χ4v) is 3.43. The van der Waals surface area contributed by atoms with Crippen molar-refractivity contribution in [3.8, 4) is 0 Å². The molecule has 0 bridgehead atoms. The molecule has 1 saturated heterocycles. The van der Waals surface area contributed by atoms with Gasteiger partial charge in [-0.3, -0.25) is 19.3 Å². The largest absolute Gasteiger partial charge is 0.302 e. The Balaban J connectivity index is 1.34. The van der Waals surface area contributed by atoms with Crippen LogP contribution >= 0.6 is 0 Å². The molecular weight excluding hydrogens is 304 g/mol. The van der Waals surface area contributed by atoms with Crippen molar-refractivity contribution in [2.24, 2.45) is 0 Å². The number of nitrogens with zero attached hydrogens (tertiary/aromatic N) is 2. The molecule has 2 aliphatic heterocycles. The van der Waals surface area contributed by atoms with Crippen LogP contribution in [-0.2, 0) is 4.79 Å². The quantitative estimate of drug-likeness (QED) is 0.570. The van der Waals surface area contributed by atoms with Gasteiger partial charge in [-0.1, -0.05) is 25.0 Å². The summed E-state index contributed by atoms with van der Waals surface area (Å²) in [7, 11) is 0. The minimum absolute atomic E-state index is 0.159. The second-order valence-corrected chi connectivity index (χ2v) is 6.60. The molecule has 1 fully saturated rings. The first kappa shape index (κ1) is 16.8. The van der Waals surface area contributed by atoms with Crippen molar-refractivity contribution in [1.29, 1.82) is 0 Å². The highest BCUT2D eigenvalue weighted by atomic mass is 16.2. The average Bonchev–Trinajstić information content (AvgIpc) is 2.84. The van der Waals surface area contributed by atoms with E-state index in [1.165, 1.54) is 4.90 Å². The third kappa shape index (κ3) is 3.73. The standard InChI is InChI=1S/C19H24N2O3/c22-15-9-13-20(14-10-15)11-5-1-2-6-12-21-18(23)16-7-3-4-8-17(16)19(21)24/h3-4,7-8H,1-2,5-6,9-14H2. The number of Topliss-reactive ketones (excluding diaryl/α,β-unsaturated/α-hetero) is 1. The van der Waals surface area contributed by atoms with Crippen molar-refractivity contribution in [1.82, 2.24) is 9.80 Å². The summed E-state index contributed by atoms with van der Waals surface area (Å²) in [5, 5.41) is 0. The molecule has 128 valence electrons. The molecular formula is C19H24N2O3. The van der Waals surface area contributed by atoms with Gasteiger partial charge in [0.15, 0.2) is 0 Å². The summed E-state index contributed by atoms with van der Waals surface area (Å²) < 4.78 is 0. The van der Waals surface area contributed by atoms with Crippen LogP contribution in [0.3, 0.4) is 0 Å².